The average molecular weight is 236 g/mol. The van der Waals surface area contributed by atoms with Crippen molar-refractivity contribution in [2.75, 3.05) is 4.72 Å². The Hall–Kier alpha value is -1.34. The number of rotatable bonds is 2. The lowest BCUT2D eigenvalue weighted by molar-refractivity contribution is 0.653. The summed E-state index contributed by atoms with van der Waals surface area (Å²) < 4.78 is 14.5. The van der Waals surface area contributed by atoms with Crippen LogP contribution in [0.4, 0.5) is 5.69 Å². The number of hydrogen-bond acceptors (Lipinski definition) is 2. The van der Waals surface area contributed by atoms with E-state index in [0.717, 1.165) is 11.3 Å². The molecule has 0 spiro atoms. The van der Waals surface area contributed by atoms with E-state index in [1.807, 2.05) is 33.8 Å². The quantitative estimate of drug-likeness (QED) is 0.858. The van der Waals surface area contributed by atoms with Crippen molar-refractivity contribution in [1.29, 1.82) is 5.26 Å². The molecule has 0 fully saturated rings. The van der Waals surface area contributed by atoms with Gasteiger partial charge in [-0.25, -0.2) is 4.21 Å². The van der Waals surface area contributed by atoms with Gasteiger partial charge in [0.25, 0.3) is 0 Å². The third kappa shape index (κ3) is 3.07. The Balaban J connectivity index is 2.89. The molecule has 1 atom stereocenters. The van der Waals surface area contributed by atoms with Crippen molar-refractivity contribution in [3.8, 4) is 6.07 Å². The summed E-state index contributed by atoms with van der Waals surface area (Å²) in [6.07, 6.45) is 0. The monoisotopic (exact) mass is 236 g/mol. The second-order valence-corrected chi connectivity index (χ2v) is 6.59. The van der Waals surface area contributed by atoms with Crippen LogP contribution < -0.4 is 4.72 Å². The molecule has 86 valence electrons. The summed E-state index contributed by atoms with van der Waals surface area (Å²) in [7, 11) is -1.14. The molecule has 0 aromatic heterocycles. The largest absolute Gasteiger partial charge is 0.305 e. The molecule has 0 aliphatic heterocycles. The van der Waals surface area contributed by atoms with Crippen molar-refractivity contribution < 1.29 is 4.21 Å². The highest BCUT2D eigenvalue weighted by molar-refractivity contribution is 7.87. The molecule has 0 radical (unpaired) electrons. The topological polar surface area (TPSA) is 52.9 Å². The Morgan fingerprint density at radius 3 is 2.44 bits per heavy atom. The smallest absolute Gasteiger partial charge is 0.122 e. The van der Waals surface area contributed by atoms with E-state index >= 15 is 0 Å². The van der Waals surface area contributed by atoms with Gasteiger partial charge in [-0.2, -0.15) is 5.26 Å². The van der Waals surface area contributed by atoms with Crippen LogP contribution in [0.15, 0.2) is 18.2 Å². The summed E-state index contributed by atoms with van der Waals surface area (Å²) in [4.78, 5) is 0. The second kappa shape index (κ2) is 4.67. The Kier molecular flexibility index (Phi) is 3.71. The zero-order chi connectivity index (χ0) is 12.3. The predicted molar refractivity (Wildman–Crippen MR) is 67.4 cm³/mol. The van der Waals surface area contributed by atoms with Crippen LogP contribution in [0.2, 0.25) is 0 Å². The van der Waals surface area contributed by atoms with E-state index in [9.17, 15) is 4.21 Å². The minimum atomic E-state index is -1.14. The van der Waals surface area contributed by atoms with E-state index < -0.39 is 11.0 Å². The third-order valence-electron chi connectivity index (χ3n) is 2.11. The Labute approximate surface area is 99.1 Å². The van der Waals surface area contributed by atoms with Crippen molar-refractivity contribution in [1.82, 2.24) is 0 Å². The van der Waals surface area contributed by atoms with Crippen LogP contribution in [0, 0.1) is 18.3 Å². The zero-order valence-electron chi connectivity index (χ0n) is 10.00. The molecular formula is C12H16N2OS. The Morgan fingerprint density at radius 1 is 1.38 bits per heavy atom. The van der Waals surface area contributed by atoms with Gasteiger partial charge < -0.3 is 4.72 Å². The molecule has 0 saturated heterocycles. The van der Waals surface area contributed by atoms with E-state index in [1.54, 1.807) is 12.1 Å². The second-order valence-electron chi connectivity index (χ2n) is 4.62. The van der Waals surface area contributed by atoms with E-state index in [-0.39, 0.29) is 4.75 Å². The summed E-state index contributed by atoms with van der Waals surface area (Å²) in [5.74, 6) is 0. The predicted octanol–water partition coefficient (Wildman–Crippen LogP) is 2.74. The molecule has 1 unspecified atom stereocenters. The standard InChI is InChI=1S/C12H16N2OS/c1-9-7-11(6-5-10(9)8-13)14-16(15)12(2,3)4/h5-7,14H,1-4H3. The van der Waals surface area contributed by atoms with Crippen LogP contribution in [0.1, 0.15) is 31.9 Å². The first-order valence-corrected chi connectivity index (χ1v) is 6.19. The first-order chi connectivity index (χ1) is 7.34. The third-order valence-corrected chi connectivity index (χ3v) is 3.65. The minimum Gasteiger partial charge on any atom is -0.305 e. The van der Waals surface area contributed by atoms with Crippen molar-refractivity contribution in [2.24, 2.45) is 0 Å². The van der Waals surface area contributed by atoms with E-state index in [2.05, 4.69) is 10.8 Å². The molecule has 0 aliphatic rings. The lowest BCUT2D eigenvalue weighted by atomic mass is 10.1. The molecule has 0 heterocycles. The maximum Gasteiger partial charge on any atom is 0.122 e. The van der Waals surface area contributed by atoms with Gasteiger partial charge in [-0.15, -0.1) is 0 Å². The molecule has 16 heavy (non-hydrogen) atoms. The number of anilines is 1. The highest BCUT2D eigenvalue weighted by Gasteiger charge is 2.19. The van der Waals surface area contributed by atoms with Crippen LogP contribution in [0.25, 0.3) is 0 Å². The fourth-order valence-corrected chi connectivity index (χ4v) is 1.76. The van der Waals surface area contributed by atoms with E-state index in [1.165, 1.54) is 0 Å². The number of benzene rings is 1. The van der Waals surface area contributed by atoms with Gasteiger partial charge in [-0.3, -0.25) is 0 Å². The van der Waals surface area contributed by atoms with Crippen molar-refractivity contribution >= 4 is 16.7 Å². The first-order valence-electron chi connectivity index (χ1n) is 5.04. The van der Waals surface area contributed by atoms with Gasteiger partial charge in [0.05, 0.1) is 16.4 Å². The van der Waals surface area contributed by atoms with Gasteiger partial charge in [0.15, 0.2) is 0 Å². The normalized spacial score (nSPS) is 12.9. The summed E-state index contributed by atoms with van der Waals surface area (Å²) in [5.41, 5.74) is 2.32. The molecule has 0 aliphatic carbocycles. The highest BCUT2D eigenvalue weighted by atomic mass is 32.2. The van der Waals surface area contributed by atoms with Crippen LogP contribution in [0.3, 0.4) is 0 Å². The Bertz CT molecular complexity index is 455. The van der Waals surface area contributed by atoms with Crippen LogP contribution in [0.5, 0.6) is 0 Å². The van der Waals surface area contributed by atoms with Crippen LogP contribution in [-0.2, 0) is 11.0 Å². The maximum atomic E-state index is 11.8. The van der Waals surface area contributed by atoms with Gasteiger partial charge >= 0.3 is 0 Å². The lowest BCUT2D eigenvalue weighted by Crippen LogP contribution is -2.27. The zero-order valence-corrected chi connectivity index (χ0v) is 10.8. The molecule has 1 aromatic rings. The van der Waals surface area contributed by atoms with Gasteiger partial charge in [0.1, 0.15) is 11.0 Å². The number of nitriles is 1. The van der Waals surface area contributed by atoms with Crippen molar-refractivity contribution in [2.45, 2.75) is 32.4 Å². The number of nitrogens with one attached hydrogen (secondary N) is 1. The molecule has 1 rings (SSSR count). The maximum absolute atomic E-state index is 11.8. The molecule has 1 aromatic carbocycles. The molecule has 0 amide bonds. The van der Waals surface area contributed by atoms with Gasteiger partial charge in [-0.1, -0.05) is 0 Å². The summed E-state index contributed by atoms with van der Waals surface area (Å²) in [6.45, 7) is 7.59. The molecule has 3 nitrogen and oxygen atoms in total. The number of nitrogens with zero attached hydrogens (tertiary/aromatic N) is 1. The molecule has 0 bridgehead atoms. The molecule has 0 saturated carbocycles. The summed E-state index contributed by atoms with van der Waals surface area (Å²) in [6, 6.07) is 7.44. The van der Waals surface area contributed by atoms with Crippen LogP contribution >= 0.6 is 0 Å². The summed E-state index contributed by atoms with van der Waals surface area (Å²) in [5, 5.41) is 8.79. The Morgan fingerprint density at radius 2 is 2.00 bits per heavy atom. The van der Waals surface area contributed by atoms with E-state index in [0.29, 0.717) is 5.56 Å². The van der Waals surface area contributed by atoms with Gasteiger partial charge in [0, 0.05) is 5.69 Å². The molecule has 4 heteroatoms. The highest BCUT2D eigenvalue weighted by Crippen LogP contribution is 2.18. The van der Waals surface area contributed by atoms with Crippen molar-refractivity contribution in [3.05, 3.63) is 29.3 Å². The minimum absolute atomic E-state index is 0.304. The molecule has 1 N–H and O–H groups in total. The fourth-order valence-electron chi connectivity index (χ4n) is 1.11. The first kappa shape index (κ1) is 12.7. The lowest BCUT2D eigenvalue weighted by Gasteiger charge is -2.19. The van der Waals surface area contributed by atoms with Gasteiger partial charge in [0.2, 0.25) is 0 Å². The van der Waals surface area contributed by atoms with E-state index in [4.69, 9.17) is 5.26 Å². The molecular weight excluding hydrogens is 220 g/mol. The van der Waals surface area contributed by atoms with Crippen molar-refractivity contribution in [3.63, 3.8) is 0 Å². The fraction of sp³-hybridized carbons (Fsp3) is 0.417. The summed E-state index contributed by atoms with van der Waals surface area (Å²) >= 11 is 0. The number of aryl methyl sites for hydroxylation is 1. The van der Waals surface area contributed by atoms with Crippen LogP contribution in [-0.4, -0.2) is 8.96 Å². The van der Waals surface area contributed by atoms with Gasteiger partial charge in [-0.05, 0) is 51.5 Å². The average Bonchev–Trinajstić information content (AvgIpc) is 2.16. The number of hydrogen-bond donors (Lipinski definition) is 1. The SMILES string of the molecule is Cc1cc(NS(=O)C(C)(C)C)ccc1C#N.